The van der Waals surface area contributed by atoms with Crippen molar-refractivity contribution in [3.63, 3.8) is 0 Å². The fourth-order valence-corrected chi connectivity index (χ4v) is 2.41. The summed E-state index contributed by atoms with van der Waals surface area (Å²) in [7, 11) is 0. The third-order valence-electron chi connectivity index (χ3n) is 3.27. The van der Waals surface area contributed by atoms with Crippen LogP contribution in [0.5, 0.6) is 0 Å². The molecular formula is C14H24. The van der Waals surface area contributed by atoms with Crippen molar-refractivity contribution in [2.45, 2.75) is 59.3 Å². The lowest BCUT2D eigenvalue weighted by Gasteiger charge is -2.13. The highest BCUT2D eigenvalue weighted by molar-refractivity contribution is 5.36. The molecule has 0 fully saturated rings. The molecule has 0 nitrogen and oxygen atoms in total. The number of allylic oxidation sites excluding steroid dienone is 4. The van der Waals surface area contributed by atoms with E-state index in [0.717, 1.165) is 5.92 Å². The Bertz CT molecular complexity index is 220. The molecule has 1 atom stereocenters. The zero-order valence-corrected chi connectivity index (χ0v) is 9.97. The van der Waals surface area contributed by atoms with Gasteiger partial charge in [-0.25, -0.2) is 0 Å². The fraction of sp³-hybridized carbons (Fsp3) is 0.714. The Morgan fingerprint density at radius 3 is 2.43 bits per heavy atom. The molecule has 80 valence electrons. The average Bonchev–Trinajstić information content (AvgIpc) is 2.60. The van der Waals surface area contributed by atoms with E-state index in [9.17, 15) is 0 Å². The van der Waals surface area contributed by atoms with Gasteiger partial charge in [-0.2, -0.15) is 0 Å². The van der Waals surface area contributed by atoms with Crippen LogP contribution in [0, 0.1) is 5.92 Å². The van der Waals surface area contributed by atoms with E-state index < -0.39 is 0 Å². The number of rotatable bonds is 6. The Hall–Kier alpha value is -0.520. The van der Waals surface area contributed by atoms with Gasteiger partial charge < -0.3 is 0 Å². The summed E-state index contributed by atoms with van der Waals surface area (Å²) in [6.07, 6.45) is 12.7. The van der Waals surface area contributed by atoms with E-state index in [0.29, 0.717) is 0 Å². The molecule has 1 rings (SSSR count). The van der Waals surface area contributed by atoms with E-state index in [4.69, 9.17) is 0 Å². The van der Waals surface area contributed by atoms with Gasteiger partial charge in [0.25, 0.3) is 0 Å². The van der Waals surface area contributed by atoms with Gasteiger partial charge in [-0.3, -0.25) is 0 Å². The normalized spacial score (nSPS) is 20.9. The first-order valence-electron chi connectivity index (χ1n) is 6.23. The molecule has 0 aromatic carbocycles. The predicted molar refractivity (Wildman–Crippen MR) is 64.4 cm³/mol. The van der Waals surface area contributed by atoms with Crippen LogP contribution in [0.4, 0.5) is 0 Å². The van der Waals surface area contributed by atoms with E-state index in [1.165, 1.54) is 38.5 Å². The van der Waals surface area contributed by atoms with Crippen molar-refractivity contribution in [3.05, 3.63) is 23.3 Å². The Morgan fingerprint density at radius 1 is 1.07 bits per heavy atom. The van der Waals surface area contributed by atoms with Crippen molar-refractivity contribution < 1.29 is 0 Å². The summed E-state index contributed by atoms with van der Waals surface area (Å²) in [5, 5.41) is 0. The summed E-state index contributed by atoms with van der Waals surface area (Å²) in [6.45, 7) is 6.84. The molecular weight excluding hydrogens is 168 g/mol. The molecule has 0 heterocycles. The zero-order valence-electron chi connectivity index (χ0n) is 9.97. The second-order valence-electron chi connectivity index (χ2n) is 4.22. The van der Waals surface area contributed by atoms with Crippen LogP contribution < -0.4 is 0 Å². The van der Waals surface area contributed by atoms with Crippen LogP contribution in [0.1, 0.15) is 59.3 Å². The highest BCUT2D eigenvalue weighted by Crippen LogP contribution is 2.33. The maximum Gasteiger partial charge on any atom is -0.00143 e. The maximum atomic E-state index is 2.42. The minimum absolute atomic E-state index is 0.779. The minimum atomic E-state index is 0.779. The summed E-state index contributed by atoms with van der Waals surface area (Å²) in [5.74, 6) is 0.779. The fourth-order valence-electron chi connectivity index (χ4n) is 2.41. The lowest BCUT2D eigenvalue weighted by atomic mass is 9.92. The maximum absolute atomic E-state index is 2.42. The van der Waals surface area contributed by atoms with Crippen LogP contribution in [0.25, 0.3) is 0 Å². The van der Waals surface area contributed by atoms with Gasteiger partial charge in [-0.05, 0) is 30.8 Å². The minimum Gasteiger partial charge on any atom is -0.0771 e. The summed E-state index contributed by atoms with van der Waals surface area (Å²) in [6, 6.07) is 0. The molecule has 0 aliphatic heterocycles. The highest BCUT2D eigenvalue weighted by atomic mass is 14.2. The van der Waals surface area contributed by atoms with Crippen molar-refractivity contribution in [2.24, 2.45) is 5.92 Å². The van der Waals surface area contributed by atoms with Gasteiger partial charge in [0.05, 0.1) is 0 Å². The lowest BCUT2D eigenvalue weighted by Crippen LogP contribution is -1.98. The molecule has 0 saturated heterocycles. The van der Waals surface area contributed by atoms with Crippen molar-refractivity contribution >= 4 is 0 Å². The standard InChI is InChI=1S/C14H24/c1-4-7-8-9-13-11-10-12(5-2)14(13)6-3/h10-11,13H,4-9H2,1-3H3. The number of hydrogen-bond acceptors (Lipinski definition) is 0. The molecule has 0 aromatic rings. The van der Waals surface area contributed by atoms with E-state index in [-0.39, 0.29) is 0 Å². The Labute approximate surface area is 89.1 Å². The molecule has 0 aromatic heterocycles. The molecule has 1 aliphatic rings. The molecule has 0 amide bonds. The molecule has 1 unspecified atom stereocenters. The second kappa shape index (κ2) is 6.06. The number of unbranched alkanes of at least 4 members (excludes halogenated alkanes) is 2. The summed E-state index contributed by atoms with van der Waals surface area (Å²) < 4.78 is 0. The van der Waals surface area contributed by atoms with Gasteiger partial charge in [-0.15, -0.1) is 0 Å². The van der Waals surface area contributed by atoms with Gasteiger partial charge in [0.1, 0.15) is 0 Å². The molecule has 0 N–H and O–H groups in total. The topological polar surface area (TPSA) is 0 Å². The van der Waals surface area contributed by atoms with Gasteiger partial charge in [0.15, 0.2) is 0 Å². The first-order chi connectivity index (χ1) is 6.83. The molecule has 0 saturated carbocycles. The Balaban J connectivity index is 2.47. The van der Waals surface area contributed by atoms with Crippen molar-refractivity contribution in [1.29, 1.82) is 0 Å². The van der Waals surface area contributed by atoms with E-state index >= 15 is 0 Å². The van der Waals surface area contributed by atoms with Gasteiger partial charge in [-0.1, -0.05) is 57.8 Å². The van der Waals surface area contributed by atoms with Crippen LogP contribution in [-0.4, -0.2) is 0 Å². The smallest absolute Gasteiger partial charge is 0.00143 e. The summed E-state index contributed by atoms with van der Waals surface area (Å²) >= 11 is 0. The predicted octanol–water partition coefficient (Wildman–Crippen LogP) is 4.87. The SMILES string of the molecule is CCCCCC1C=CC(CC)=C1CC. The second-order valence-corrected chi connectivity index (χ2v) is 4.22. The van der Waals surface area contributed by atoms with Crippen LogP contribution >= 0.6 is 0 Å². The van der Waals surface area contributed by atoms with Gasteiger partial charge in [0.2, 0.25) is 0 Å². The summed E-state index contributed by atoms with van der Waals surface area (Å²) in [4.78, 5) is 0. The van der Waals surface area contributed by atoms with E-state index in [1.807, 2.05) is 0 Å². The van der Waals surface area contributed by atoms with Crippen molar-refractivity contribution in [3.8, 4) is 0 Å². The zero-order chi connectivity index (χ0) is 10.4. The Kier molecular flexibility index (Phi) is 5.00. The van der Waals surface area contributed by atoms with Crippen LogP contribution in [0.15, 0.2) is 23.3 Å². The number of hydrogen-bond donors (Lipinski definition) is 0. The third-order valence-corrected chi connectivity index (χ3v) is 3.27. The largest absolute Gasteiger partial charge is 0.0771 e. The Morgan fingerprint density at radius 2 is 1.86 bits per heavy atom. The van der Waals surface area contributed by atoms with Gasteiger partial charge >= 0.3 is 0 Å². The first kappa shape index (κ1) is 11.6. The van der Waals surface area contributed by atoms with Crippen molar-refractivity contribution in [2.75, 3.05) is 0 Å². The average molecular weight is 192 g/mol. The molecule has 0 radical (unpaired) electrons. The molecule has 0 heteroatoms. The first-order valence-corrected chi connectivity index (χ1v) is 6.23. The molecule has 1 aliphatic carbocycles. The van der Waals surface area contributed by atoms with E-state index in [2.05, 4.69) is 32.9 Å². The van der Waals surface area contributed by atoms with Crippen LogP contribution in [0.3, 0.4) is 0 Å². The van der Waals surface area contributed by atoms with E-state index in [1.54, 1.807) is 11.1 Å². The molecule has 14 heavy (non-hydrogen) atoms. The quantitative estimate of drug-likeness (QED) is 0.527. The third kappa shape index (κ3) is 2.73. The summed E-state index contributed by atoms with van der Waals surface area (Å²) in [5.41, 5.74) is 3.32. The van der Waals surface area contributed by atoms with Crippen LogP contribution in [-0.2, 0) is 0 Å². The lowest BCUT2D eigenvalue weighted by molar-refractivity contribution is 0.585. The van der Waals surface area contributed by atoms with Gasteiger partial charge in [0, 0.05) is 0 Å². The van der Waals surface area contributed by atoms with Crippen LogP contribution in [0.2, 0.25) is 0 Å². The monoisotopic (exact) mass is 192 g/mol. The van der Waals surface area contributed by atoms with Crippen molar-refractivity contribution in [1.82, 2.24) is 0 Å². The highest BCUT2D eigenvalue weighted by Gasteiger charge is 2.16. The molecule has 0 bridgehead atoms. The molecule has 0 spiro atoms.